The van der Waals surface area contributed by atoms with E-state index >= 15 is 0 Å². The van der Waals surface area contributed by atoms with Crippen LogP contribution < -0.4 is 9.47 Å². The lowest BCUT2D eigenvalue weighted by Crippen LogP contribution is -2.18. The van der Waals surface area contributed by atoms with Crippen molar-refractivity contribution in [2.75, 3.05) is 13.1 Å². The average Bonchev–Trinajstić information content (AvgIpc) is 3.63. The molecule has 204 valence electrons. The van der Waals surface area contributed by atoms with Gasteiger partial charge < -0.3 is 18.8 Å². The Balaban J connectivity index is 1.59. The molecule has 0 atom stereocenters. The lowest BCUT2D eigenvalue weighted by atomic mass is 9.96. The van der Waals surface area contributed by atoms with Crippen molar-refractivity contribution in [2.24, 2.45) is 0 Å². The maximum Gasteiger partial charge on any atom is 0.168 e. The Hall–Kier alpha value is -4.54. The van der Waals surface area contributed by atoms with Crippen LogP contribution in [-0.2, 0) is 24.5 Å². The number of hydroxylamine groups is 2. The number of rotatable bonds is 11. The number of hydrogen-bond donors (Lipinski definition) is 0. The number of ether oxygens (including phenoxy) is 2. The van der Waals surface area contributed by atoms with E-state index in [1.54, 1.807) is 0 Å². The Kier molecular flexibility index (Phi) is 8.48. The first-order valence-electron chi connectivity index (χ1n) is 13.6. The summed E-state index contributed by atoms with van der Waals surface area (Å²) in [5, 5.41) is 15.1. The summed E-state index contributed by atoms with van der Waals surface area (Å²) in [7, 11) is 0. The lowest BCUT2D eigenvalue weighted by Gasteiger charge is -2.21. The van der Waals surface area contributed by atoms with Gasteiger partial charge in [-0.2, -0.15) is 5.26 Å². The van der Waals surface area contributed by atoms with Gasteiger partial charge in [-0.15, -0.1) is 5.06 Å². The molecule has 2 heterocycles. The summed E-state index contributed by atoms with van der Waals surface area (Å²) in [5.41, 5.74) is 5.46. The molecule has 0 spiro atoms. The van der Waals surface area contributed by atoms with Gasteiger partial charge in [0.1, 0.15) is 24.7 Å². The topological polar surface area (TPSA) is 80.8 Å². The molecule has 0 N–H and O–H groups in total. The van der Waals surface area contributed by atoms with Gasteiger partial charge in [0.15, 0.2) is 11.5 Å². The fraction of sp³-hybridized carbons (Fsp3) is 0.273. The quantitative estimate of drug-likeness (QED) is 0.202. The van der Waals surface area contributed by atoms with Gasteiger partial charge in [-0.1, -0.05) is 79.7 Å². The largest absolute Gasteiger partial charge is 0.488 e. The van der Waals surface area contributed by atoms with Crippen LogP contribution in [0.4, 0.5) is 0 Å². The summed E-state index contributed by atoms with van der Waals surface area (Å²) >= 11 is 0. The van der Waals surface area contributed by atoms with Crippen LogP contribution in [0.3, 0.4) is 0 Å². The van der Waals surface area contributed by atoms with E-state index in [9.17, 15) is 0 Å². The predicted octanol–water partition coefficient (Wildman–Crippen LogP) is 7.16. The lowest BCUT2D eigenvalue weighted by molar-refractivity contribution is -0.0557. The maximum atomic E-state index is 9.11. The monoisotopic (exact) mass is 535 g/mol. The average molecular weight is 536 g/mol. The standard InChI is InChI=1S/C33H33N3O4/c1-4-36-20-29(32-17-26(15-16-34)35-39-32)33(40-36)28-18-27(23(2)3)30(37-21-24-11-7-5-8-12-24)19-31(28)38-22-25-13-9-6-10-14-25/h5-14,17-19,23H,4,15,20-22H2,1-3H3. The molecule has 1 aliphatic heterocycles. The molecule has 0 saturated carbocycles. The van der Waals surface area contributed by atoms with E-state index in [0.717, 1.165) is 33.6 Å². The Bertz CT molecular complexity index is 1500. The van der Waals surface area contributed by atoms with E-state index in [0.29, 0.717) is 49.3 Å². The number of hydrogen-bond acceptors (Lipinski definition) is 7. The minimum atomic E-state index is 0.181. The SMILES string of the molecule is CCN1CC(c2cc(CC#N)no2)=C(c2cc(C(C)C)c(OCc3ccccc3)cc2OCc2ccccc2)O1. The van der Waals surface area contributed by atoms with E-state index in [1.807, 2.05) is 72.7 Å². The van der Waals surface area contributed by atoms with Crippen molar-refractivity contribution < 1.29 is 18.8 Å². The van der Waals surface area contributed by atoms with Crippen LogP contribution in [0.5, 0.6) is 11.5 Å². The third kappa shape index (κ3) is 6.19. The van der Waals surface area contributed by atoms with E-state index in [1.165, 1.54) is 0 Å². The fourth-order valence-electron chi connectivity index (χ4n) is 4.58. The van der Waals surface area contributed by atoms with E-state index in [-0.39, 0.29) is 12.3 Å². The number of nitrogens with zero attached hydrogens (tertiary/aromatic N) is 3. The van der Waals surface area contributed by atoms with Crippen molar-refractivity contribution in [1.29, 1.82) is 5.26 Å². The molecule has 40 heavy (non-hydrogen) atoms. The van der Waals surface area contributed by atoms with Crippen molar-refractivity contribution in [3.63, 3.8) is 0 Å². The molecule has 0 radical (unpaired) electrons. The summed E-state index contributed by atoms with van der Waals surface area (Å²) in [4.78, 5) is 6.37. The van der Waals surface area contributed by atoms with Crippen LogP contribution >= 0.6 is 0 Å². The molecule has 7 nitrogen and oxygen atoms in total. The molecule has 3 aromatic carbocycles. The van der Waals surface area contributed by atoms with Gasteiger partial charge in [0.2, 0.25) is 0 Å². The molecule has 7 heteroatoms. The van der Waals surface area contributed by atoms with E-state index in [4.69, 9.17) is 24.1 Å². The molecule has 0 fully saturated rings. The predicted molar refractivity (Wildman–Crippen MR) is 153 cm³/mol. The Morgan fingerprint density at radius 3 is 2.17 bits per heavy atom. The van der Waals surface area contributed by atoms with Crippen LogP contribution in [0.2, 0.25) is 0 Å². The zero-order valence-corrected chi connectivity index (χ0v) is 23.1. The number of likely N-dealkylation sites (N-methyl/N-ethyl adjacent to an activating group) is 1. The molecule has 0 bridgehead atoms. The normalized spacial score (nSPS) is 13.4. The Morgan fingerprint density at radius 2 is 1.57 bits per heavy atom. The first kappa shape index (κ1) is 27.0. The van der Waals surface area contributed by atoms with Gasteiger partial charge in [0.25, 0.3) is 0 Å². The number of benzene rings is 3. The highest BCUT2D eigenvalue weighted by molar-refractivity contribution is 5.90. The van der Waals surface area contributed by atoms with Gasteiger partial charge in [0, 0.05) is 18.7 Å². The smallest absolute Gasteiger partial charge is 0.168 e. The molecule has 0 amide bonds. The minimum absolute atomic E-state index is 0.181. The highest BCUT2D eigenvalue weighted by Crippen LogP contribution is 2.43. The van der Waals surface area contributed by atoms with Gasteiger partial charge in [-0.05, 0) is 35.6 Å². The van der Waals surface area contributed by atoms with Crippen molar-refractivity contribution in [3.8, 4) is 17.6 Å². The number of nitriles is 1. The minimum Gasteiger partial charge on any atom is -0.488 e. The molecular formula is C33H33N3O4. The second-order valence-corrected chi connectivity index (χ2v) is 9.96. The third-order valence-electron chi connectivity index (χ3n) is 6.75. The van der Waals surface area contributed by atoms with Crippen molar-refractivity contribution in [3.05, 3.63) is 113 Å². The third-order valence-corrected chi connectivity index (χ3v) is 6.75. The summed E-state index contributed by atoms with van der Waals surface area (Å²) in [6, 6.07) is 28.2. The summed E-state index contributed by atoms with van der Waals surface area (Å²) < 4.78 is 18.5. The second-order valence-electron chi connectivity index (χ2n) is 9.96. The van der Waals surface area contributed by atoms with Gasteiger partial charge in [-0.3, -0.25) is 0 Å². The van der Waals surface area contributed by atoms with Crippen molar-refractivity contribution in [2.45, 2.75) is 46.3 Å². The molecule has 1 aliphatic rings. The zero-order chi connectivity index (χ0) is 27.9. The maximum absolute atomic E-state index is 9.11. The highest BCUT2D eigenvalue weighted by Gasteiger charge is 2.31. The van der Waals surface area contributed by atoms with Crippen LogP contribution in [0, 0.1) is 11.3 Å². The van der Waals surface area contributed by atoms with Crippen LogP contribution in [0.25, 0.3) is 11.3 Å². The molecule has 5 rings (SSSR count). The molecule has 0 saturated heterocycles. The molecular weight excluding hydrogens is 502 g/mol. The van der Waals surface area contributed by atoms with Crippen molar-refractivity contribution in [1.82, 2.24) is 10.2 Å². The first-order valence-corrected chi connectivity index (χ1v) is 13.6. The van der Waals surface area contributed by atoms with Gasteiger partial charge in [-0.25, -0.2) is 0 Å². The molecule has 0 unspecified atom stereocenters. The zero-order valence-electron chi connectivity index (χ0n) is 23.1. The summed E-state index contributed by atoms with van der Waals surface area (Å²) in [5.74, 6) is 2.85. The molecule has 0 aliphatic carbocycles. The van der Waals surface area contributed by atoms with E-state index < -0.39 is 0 Å². The summed E-state index contributed by atoms with van der Waals surface area (Å²) in [6.07, 6.45) is 0.181. The molecule has 1 aromatic heterocycles. The van der Waals surface area contributed by atoms with Crippen LogP contribution in [0.1, 0.15) is 60.4 Å². The van der Waals surface area contributed by atoms with E-state index in [2.05, 4.69) is 43.3 Å². The van der Waals surface area contributed by atoms with Crippen LogP contribution in [0.15, 0.2) is 83.4 Å². The number of aromatic nitrogens is 1. The first-order chi connectivity index (χ1) is 19.6. The van der Waals surface area contributed by atoms with Crippen molar-refractivity contribution >= 4 is 11.3 Å². The Morgan fingerprint density at radius 1 is 0.925 bits per heavy atom. The molecule has 4 aromatic rings. The second kappa shape index (κ2) is 12.5. The Labute approximate surface area is 235 Å². The highest BCUT2D eigenvalue weighted by atomic mass is 16.7. The van der Waals surface area contributed by atoms with Crippen LogP contribution in [-0.4, -0.2) is 23.3 Å². The summed E-state index contributed by atoms with van der Waals surface area (Å²) in [6.45, 7) is 8.37. The van der Waals surface area contributed by atoms with Gasteiger partial charge in [0.05, 0.1) is 35.9 Å². The fourth-order valence-corrected chi connectivity index (χ4v) is 4.58. The van der Waals surface area contributed by atoms with Gasteiger partial charge >= 0.3 is 0 Å².